The van der Waals surface area contributed by atoms with Crippen LogP contribution in [-0.4, -0.2) is 54.9 Å². The van der Waals surface area contributed by atoms with Gasteiger partial charge < -0.3 is 4.42 Å². The summed E-state index contributed by atoms with van der Waals surface area (Å²) >= 11 is 6.12. The highest BCUT2D eigenvalue weighted by molar-refractivity contribution is 6.68. The zero-order valence-corrected chi connectivity index (χ0v) is 14.9. The van der Waals surface area contributed by atoms with Gasteiger partial charge in [-0.15, -0.1) is 10.9 Å². The van der Waals surface area contributed by atoms with Crippen LogP contribution >= 0.6 is 11.6 Å². The first kappa shape index (κ1) is 18.6. The minimum atomic E-state index is 0.138. The van der Waals surface area contributed by atoms with E-state index in [0.29, 0.717) is 32.4 Å². The van der Waals surface area contributed by atoms with Gasteiger partial charge in [0.15, 0.2) is 0 Å². The lowest BCUT2D eigenvalue weighted by molar-refractivity contribution is 0.675. The second-order valence-corrected chi connectivity index (χ2v) is 6.73. The quantitative estimate of drug-likeness (QED) is 0.346. The Morgan fingerprint density at radius 2 is 1.19 bits per heavy atom. The van der Waals surface area contributed by atoms with Crippen LogP contribution < -0.4 is 38.2 Å². The van der Waals surface area contributed by atoms with Gasteiger partial charge in [-0.3, -0.25) is 0 Å². The molecule has 4 aromatic rings. The number of hydrogen-bond acceptors (Lipinski definition) is 1. The van der Waals surface area contributed by atoms with Crippen LogP contribution in [-0.2, 0) is 0 Å². The molecule has 0 amide bonds. The van der Waals surface area contributed by atoms with Gasteiger partial charge in [0, 0.05) is 15.8 Å². The van der Waals surface area contributed by atoms with Crippen molar-refractivity contribution in [3.8, 4) is 11.1 Å². The van der Waals surface area contributed by atoms with Crippen LogP contribution in [0.2, 0.25) is 5.02 Å². The minimum absolute atomic E-state index is 0.138. The predicted molar refractivity (Wildman–Crippen MR) is 122 cm³/mol. The third kappa shape index (κ3) is 2.57. The Balaban J connectivity index is 2.26. The van der Waals surface area contributed by atoms with Crippen molar-refractivity contribution in [2.45, 2.75) is 0 Å². The third-order valence-corrected chi connectivity index (χ3v) is 4.98. The maximum absolute atomic E-state index is 6.48. The van der Waals surface area contributed by atoms with E-state index in [4.69, 9.17) is 70.9 Å². The van der Waals surface area contributed by atoms with E-state index >= 15 is 0 Å². The molecule has 0 aliphatic rings. The summed E-state index contributed by atoms with van der Waals surface area (Å²) in [5, 5.41) is 1.45. The van der Waals surface area contributed by atoms with Gasteiger partial charge in [0.05, 0.1) is 0 Å². The molecule has 1 heterocycles. The first-order valence-electron chi connectivity index (χ1n) is 7.94. The molecule has 0 fully saturated rings. The first-order chi connectivity index (χ1) is 12.7. The SMILES string of the molecule is [B]c1c([B])c([B])c2c(oc3c([B])c([B])c(-c4cccc(Cl)c4)c([B])c32)c1[B]. The summed E-state index contributed by atoms with van der Waals surface area (Å²) in [7, 11) is 43.2. The Kier molecular flexibility index (Phi) is 4.38. The van der Waals surface area contributed by atoms with Gasteiger partial charge >= 0.3 is 0 Å². The van der Waals surface area contributed by atoms with E-state index in [2.05, 4.69) is 0 Å². The molecule has 0 atom stereocenters. The molecule has 0 bridgehead atoms. The maximum Gasteiger partial charge on any atom is 0.127 e. The summed E-state index contributed by atoms with van der Waals surface area (Å²) in [6, 6.07) is 7.09. The van der Waals surface area contributed by atoms with Gasteiger partial charge in [-0.1, -0.05) is 51.0 Å². The molecule has 110 valence electrons. The van der Waals surface area contributed by atoms with Crippen LogP contribution in [0.3, 0.4) is 0 Å². The lowest BCUT2D eigenvalue weighted by Crippen LogP contribution is -2.47. The number of furan rings is 1. The summed E-state index contributed by atoms with van der Waals surface area (Å²) in [5.41, 5.74) is 3.23. The van der Waals surface area contributed by atoms with Crippen molar-refractivity contribution in [2.75, 3.05) is 0 Å². The Morgan fingerprint density at radius 3 is 1.81 bits per heavy atom. The summed E-state index contributed by atoms with van der Waals surface area (Å²) < 4.78 is 5.86. The van der Waals surface area contributed by atoms with Crippen LogP contribution in [0.5, 0.6) is 0 Å². The second-order valence-electron chi connectivity index (χ2n) is 6.29. The topological polar surface area (TPSA) is 13.1 Å². The molecule has 0 aliphatic carbocycles. The zero-order valence-electron chi connectivity index (χ0n) is 14.1. The molecule has 0 saturated heterocycles. The van der Waals surface area contributed by atoms with Crippen molar-refractivity contribution in [3.05, 3.63) is 29.3 Å². The number of fused-ring (bicyclic) bond motifs is 3. The molecule has 0 saturated carbocycles. The van der Waals surface area contributed by atoms with Crippen LogP contribution in [0.4, 0.5) is 0 Å². The van der Waals surface area contributed by atoms with Gasteiger partial charge in [-0.05, 0) is 23.3 Å². The number of halogens is 1. The Hall–Kier alpha value is -1.80. The summed E-state index contributed by atoms with van der Waals surface area (Å²) in [6.45, 7) is 0. The molecule has 1 nitrogen and oxygen atoms in total. The van der Waals surface area contributed by atoms with Gasteiger partial charge in [0.2, 0.25) is 0 Å². The van der Waals surface area contributed by atoms with Crippen LogP contribution in [0.15, 0.2) is 28.7 Å². The molecular weight excluding hydrogens is 343 g/mol. The maximum atomic E-state index is 6.48. The predicted octanol–water partition coefficient (Wildman–Crippen LogP) is -2.54. The number of hydrogen-bond donors (Lipinski definition) is 0. The summed E-state index contributed by atoms with van der Waals surface area (Å²) in [4.78, 5) is 0. The summed E-state index contributed by atoms with van der Waals surface area (Å²) in [5.74, 6) is 0. The molecule has 0 unspecified atom stereocenters. The van der Waals surface area contributed by atoms with Crippen LogP contribution in [0.1, 0.15) is 0 Å². The van der Waals surface area contributed by atoms with Crippen molar-refractivity contribution in [1.82, 2.24) is 0 Å². The molecule has 0 aliphatic heterocycles. The van der Waals surface area contributed by atoms with Crippen molar-refractivity contribution in [2.24, 2.45) is 0 Å². The van der Waals surface area contributed by atoms with Crippen molar-refractivity contribution in [1.29, 1.82) is 0 Å². The van der Waals surface area contributed by atoms with E-state index in [9.17, 15) is 0 Å². The standard InChI is InChI=1S/C18H4B7ClO/c19-10-7(5-2-1-3-6(26)4-5)11(20)15(24)17-8(10)9-12(21)13(22)14(23)16(25)18(9)27-17/h1-4H. The molecule has 0 spiro atoms. The van der Waals surface area contributed by atoms with E-state index < -0.39 is 0 Å². The fourth-order valence-electron chi connectivity index (χ4n) is 3.35. The molecule has 9 heteroatoms. The van der Waals surface area contributed by atoms with Gasteiger partial charge in [0.1, 0.15) is 66.1 Å². The molecule has 0 N–H and O–H groups in total. The van der Waals surface area contributed by atoms with Gasteiger partial charge in [-0.25, -0.2) is 0 Å². The van der Waals surface area contributed by atoms with E-state index in [-0.39, 0.29) is 43.9 Å². The molecule has 3 aromatic carbocycles. The molecule has 27 heavy (non-hydrogen) atoms. The van der Waals surface area contributed by atoms with Crippen molar-refractivity contribution < 1.29 is 4.42 Å². The number of benzene rings is 3. The normalized spacial score (nSPS) is 11.4. The van der Waals surface area contributed by atoms with E-state index in [1.165, 1.54) is 0 Å². The second kappa shape index (κ2) is 6.38. The molecule has 1 aromatic heterocycles. The van der Waals surface area contributed by atoms with E-state index in [1.54, 1.807) is 18.2 Å². The van der Waals surface area contributed by atoms with Crippen LogP contribution in [0.25, 0.3) is 33.1 Å². The Bertz CT molecular complexity index is 1260. The van der Waals surface area contributed by atoms with Gasteiger partial charge in [0.25, 0.3) is 0 Å². The first-order valence-corrected chi connectivity index (χ1v) is 8.32. The molecular formula is C18H4B7ClO. The Morgan fingerprint density at radius 1 is 0.630 bits per heavy atom. The van der Waals surface area contributed by atoms with E-state index in [1.807, 2.05) is 6.07 Å². The zero-order chi connectivity index (χ0) is 19.6. The Labute approximate surface area is 171 Å². The lowest BCUT2D eigenvalue weighted by Gasteiger charge is -2.17. The van der Waals surface area contributed by atoms with Gasteiger partial charge in [-0.2, -0.15) is 0 Å². The highest BCUT2D eigenvalue weighted by Gasteiger charge is 2.21. The average molecular weight is 347 g/mol. The fourth-order valence-corrected chi connectivity index (χ4v) is 3.54. The monoisotopic (exact) mass is 348 g/mol. The van der Waals surface area contributed by atoms with Crippen LogP contribution in [0, 0.1) is 0 Å². The summed E-state index contributed by atoms with van der Waals surface area (Å²) in [6.07, 6.45) is 0. The number of rotatable bonds is 1. The molecule has 4 rings (SSSR count). The third-order valence-electron chi connectivity index (χ3n) is 4.75. The molecule has 14 radical (unpaired) electrons. The van der Waals surface area contributed by atoms with Crippen molar-refractivity contribution >= 4 is 127 Å². The fraction of sp³-hybridized carbons (Fsp3) is 0. The highest BCUT2D eigenvalue weighted by atomic mass is 35.5. The van der Waals surface area contributed by atoms with E-state index in [0.717, 1.165) is 0 Å². The minimum Gasteiger partial charge on any atom is -0.457 e. The average Bonchev–Trinajstić information content (AvgIpc) is 3.04. The highest BCUT2D eigenvalue weighted by Crippen LogP contribution is 2.27. The largest absolute Gasteiger partial charge is 0.457 e. The lowest BCUT2D eigenvalue weighted by atomic mass is 9.64. The smallest absolute Gasteiger partial charge is 0.127 e. The van der Waals surface area contributed by atoms with Crippen molar-refractivity contribution in [3.63, 3.8) is 0 Å².